The summed E-state index contributed by atoms with van der Waals surface area (Å²) in [5.41, 5.74) is 0.330. The number of nitrogens with one attached hydrogen (secondary N) is 3. The third kappa shape index (κ3) is 9.23. The van der Waals surface area contributed by atoms with E-state index in [1.165, 1.54) is 17.0 Å². The van der Waals surface area contributed by atoms with Crippen LogP contribution in [0.15, 0.2) is 32.4 Å². The largest absolute Gasteiger partial charge is 1.00 e. The Hall–Kier alpha value is -3.66. The molecule has 0 unspecified atom stereocenters. The van der Waals surface area contributed by atoms with Crippen LogP contribution in [0.5, 0.6) is 5.75 Å². The number of carbonyl (C=O) groups excluding carboxylic acids is 3. The first-order valence-corrected chi connectivity index (χ1v) is 15.9. The number of carbonyl (C=O) groups is 4. The zero-order chi connectivity index (χ0) is 36.6. The predicted octanol–water partition coefficient (Wildman–Crippen LogP) is -9.69. The van der Waals surface area contributed by atoms with Crippen LogP contribution in [0.2, 0.25) is 0 Å². The van der Waals surface area contributed by atoms with Crippen LogP contribution in [0.25, 0.3) is 11.5 Å². The number of urea groups is 1. The first-order chi connectivity index (χ1) is 22.8. The zero-order valence-corrected chi connectivity index (χ0v) is 33.1. The third-order valence-electron chi connectivity index (χ3n) is 6.78. The molecule has 0 bridgehead atoms. The number of aromatic amines is 1. The van der Waals surface area contributed by atoms with Gasteiger partial charge >= 0.3 is 87.0 Å². The number of carboxylic acids is 1. The van der Waals surface area contributed by atoms with Crippen LogP contribution in [0.4, 0.5) is 9.93 Å². The number of β-lactam (4-membered cyclic amide) rings is 1. The fraction of sp³-hybridized carbons (Fsp3) is 0.375. The van der Waals surface area contributed by atoms with Gasteiger partial charge in [0.2, 0.25) is 11.0 Å². The molecule has 51 heavy (non-hydrogen) atoms. The molecule has 3 atom stereocenters. The SMILES string of the molecule is C[C@H]1[C@H](NC(=O)/C(=N\OC(C)(C)C(=O)O)c2csc(N)n2)C(=O)N1C(=O)NS(=O)(=O)n1nc(-c2cc(=O)c(O)c[nH]2)n(C[C@@H](O)CO)c1=O.[Na+].[Na+]. The van der Waals surface area contributed by atoms with Crippen LogP contribution in [0.1, 0.15) is 26.5 Å². The number of oxime groups is 1. The van der Waals surface area contributed by atoms with Crippen molar-refractivity contribution >= 4 is 56.2 Å². The van der Waals surface area contributed by atoms with E-state index in [1.54, 1.807) is 0 Å². The number of hydrogen-bond acceptors (Lipinski definition) is 17. The van der Waals surface area contributed by atoms with Gasteiger partial charge < -0.3 is 41.3 Å². The summed E-state index contributed by atoms with van der Waals surface area (Å²) in [5.74, 6) is -4.90. The Morgan fingerprint density at radius 2 is 1.88 bits per heavy atom. The van der Waals surface area contributed by atoms with E-state index in [-0.39, 0.29) is 79.7 Å². The second kappa shape index (κ2) is 16.8. The first-order valence-electron chi connectivity index (χ1n) is 13.6. The van der Waals surface area contributed by atoms with Gasteiger partial charge in [0.05, 0.1) is 31.0 Å². The van der Waals surface area contributed by atoms with Gasteiger partial charge in [0.1, 0.15) is 11.7 Å². The Labute approximate surface area is 334 Å². The number of aliphatic carboxylic acids is 1. The number of aliphatic hydroxyl groups excluding tert-OH is 2. The van der Waals surface area contributed by atoms with E-state index in [9.17, 15) is 57.6 Å². The van der Waals surface area contributed by atoms with E-state index >= 15 is 0 Å². The number of nitrogens with two attached hydrogens (primary N) is 1. The minimum absolute atomic E-state index is 0. The van der Waals surface area contributed by atoms with Gasteiger partial charge in [-0.1, -0.05) is 9.24 Å². The van der Waals surface area contributed by atoms with E-state index in [0.29, 0.717) is 9.47 Å². The van der Waals surface area contributed by atoms with Gasteiger partial charge in [-0.05, 0) is 20.8 Å². The first kappa shape index (κ1) is 43.5. The molecule has 4 rings (SSSR count). The van der Waals surface area contributed by atoms with Gasteiger partial charge in [0.15, 0.2) is 22.4 Å². The standard InChI is InChI=1S/C24H28N10O13S2.2Na/c1-9-15(28-18(39)16(12-8-48-21(25)27-12)30-47-24(2,3)20(41)42)19(40)33(9)22(43)31-49(45,46)34-23(44)32(6-10(36)7-35)17(29-34)11-4-13(37)14(38)5-26-11;;/h4-5,8-10,15,35-36,38H,6-7H2,1-3H3,(H2,25,27)(H,26,37)(H,28,39)(H,31,43)(H,41,42);;/q;2*+1/b30-16-;;/t9-,10+,15-;;/m0../s1. The molecule has 0 radical (unpaired) electrons. The minimum Gasteiger partial charge on any atom is -0.503 e. The van der Waals surface area contributed by atoms with E-state index in [1.807, 2.05) is 0 Å². The van der Waals surface area contributed by atoms with Crippen molar-refractivity contribution in [1.82, 2.24) is 38.7 Å². The number of amides is 4. The number of likely N-dealkylation sites (tertiary alicyclic amines) is 1. The molecule has 3 aromatic heterocycles. The summed E-state index contributed by atoms with van der Waals surface area (Å²) in [4.78, 5) is 87.2. The Morgan fingerprint density at radius 1 is 1.24 bits per heavy atom. The number of imide groups is 1. The van der Waals surface area contributed by atoms with E-state index in [2.05, 4.69) is 25.5 Å². The minimum atomic E-state index is -5.24. The second-order valence-corrected chi connectivity index (χ2v) is 13.1. The predicted molar refractivity (Wildman–Crippen MR) is 164 cm³/mol. The summed E-state index contributed by atoms with van der Waals surface area (Å²) >= 11 is 0.913. The van der Waals surface area contributed by atoms with Gasteiger partial charge in [-0.25, -0.2) is 24.1 Å². The molecular formula is C24H28N10Na2O13S2+2. The molecule has 3 aromatic rings. The second-order valence-electron chi connectivity index (χ2n) is 10.7. The van der Waals surface area contributed by atoms with Crippen molar-refractivity contribution in [3.05, 3.63) is 44.0 Å². The Balaban J connectivity index is 0.00000451. The Bertz CT molecular complexity index is 2090. The van der Waals surface area contributed by atoms with Crippen molar-refractivity contribution in [2.45, 2.75) is 51.1 Å². The molecule has 1 aliphatic heterocycles. The van der Waals surface area contributed by atoms with Crippen molar-refractivity contribution in [2.75, 3.05) is 12.3 Å². The molecule has 1 fully saturated rings. The van der Waals surface area contributed by atoms with Crippen molar-refractivity contribution < 1.29 is 112 Å². The number of aromatic nitrogens is 5. The summed E-state index contributed by atoms with van der Waals surface area (Å²) in [6, 6.07) is -3.43. The summed E-state index contributed by atoms with van der Waals surface area (Å²) in [5, 5.41) is 48.8. The number of rotatable bonds is 12. The Morgan fingerprint density at radius 3 is 2.41 bits per heavy atom. The molecule has 4 heterocycles. The van der Waals surface area contributed by atoms with Crippen molar-refractivity contribution in [3.63, 3.8) is 0 Å². The Kier molecular flexibility index (Phi) is 14.3. The fourth-order valence-corrected chi connectivity index (χ4v) is 5.50. The summed E-state index contributed by atoms with van der Waals surface area (Å²) in [6.45, 7) is 1.97. The quantitative estimate of drug-likeness (QED) is 0.0366. The normalized spacial score (nSPS) is 16.6. The maximum atomic E-state index is 13.1. The van der Waals surface area contributed by atoms with Crippen LogP contribution in [-0.2, 0) is 36.0 Å². The van der Waals surface area contributed by atoms with Crippen molar-refractivity contribution in [1.29, 1.82) is 0 Å². The van der Waals surface area contributed by atoms with Crippen LogP contribution in [-0.4, -0.2) is 117 Å². The molecule has 0 aliphatic carbocycles. The number of aromatic hydroxyl groups is 1. The topological polar surface area (TPSA) is 344 Å². The molecule has 4 amide bonds. The van der Waals surface area contributed by atoms with Crippen LogP contribution in [0.3, 0.4) is 0 Å². The van der Waals surface area contributed by atoms with E-state index in [4.69, 9.17) is 10.6 Å². The van der Waals surface area contributed by atoms with E-state index in [0.717, 1.165) is 37.4 Å². The summed E-state index contributed by atoms with van der Waals surface area (Å²) in [6.07, 6.45) is -0.781. The molecule has 23 nitrogen and oxygen atoms in total. The van der Waals surface area contributed by atoms with Gasteiger partial charge in [-0.3, -0.25) is 23.9 Å². The number of aliphatic hydroxyl groups is 2. The summed E-state index contributed by atoms with van der Waals surface area (Å²) in [7, 11) is -5.24. The number of carboxylic acid groups (broad SMARTS) is 1. The van der Waals surface area contributed by atoms with Crippen LogP contribution in [0, 0.1) is 0 Å². The average Bonchev–Trinajstić information content (AvgIpc) is 3.59. The smallest absolute Gasteiger partial charge is 0.503 e. The van der Waals surface area contributed by atoms with Crippen molar-refractivity contribution in [3.8, 4) is 17.3 Å². The van der Waals surface area contributed by atoms with Gasteiger partial charge in [0.25, 0.3) is 11.8 Å². The number of thiazole rings is 1. The summed E-state index contributed by atoms with van der Waals surface area (Å²) < 4.78 is 28.1. The van der Waals surface area contributed by atoms with Crippen molar-refractivity contribution in [2.24, 2.45) is 5.16 Å². The molecule has 0 spiro atoms. The number of nitrogen functional groups attached to an aromatic ring is 1. The monoisotopic (exact) mass is 774 g/mol. The number of anilines is 1. The maximum absolute atomic E-state index is 13.1. The molecule has 1 aliphatic rings. The number of hydrogen-bond donors (Lipinski definition) is 8. The molecule has 9 N–H and O–H groups in total. The molecule has 264 valence electrons. The molecular weight excluding hydrogens is 746 g/mol. The maximum Gasteiger partial charge on any atom is 1.00 e. The molecule has 27 heteroatoms. The zero-order valence-electron chi connectivity index (χ0n) is 27.4. The van der Waals surface area contributed by atoms with Gasteiger partial charge in [0, 0.05) is 17.6 Å². The van der Waals surface area contributed by atoms with Crippen LogP contribution >= 0.6 is 11.3 Å². The molecule has 0 saturated carbocycles. The number of pyridine rings is 1. The van der Waals surface area contributed by atoms with Gasteiger partial charge in [-0.15, -0.1) is 16.4 Å². The fourth-order valence-electron chi connectivity index (χ4n) is 4.06. The van der Waals surface area contributed by atoms with Gasteiger partial charge in [-0.2, -0.15) is 8.42 Å². The molecule has 0 aromatic carbocycles. The number of nitrogens with zero attached hydrogens (tertiary/aromatic N) is 6. The number of H-pyrrole nitrogens is 1. The van der Waals surface area contributed by atoms with E-state index < -0.39 is 99.4 Å². The third-order valence-corrected chi connectivity index (χ3v) is 8.57. The molecule has 1 saturated heterocycles. The van der Waals surface area contributed by atoms with Crippen LogP contribution < -0.4 is 86.0 Å². The average molecular weight is 775 g/mol.